The van der Waals surface area contributed by atoms with Crippen LogP contribution in [0.4, 0.5) is 10.1 Å². The van der Waals surface area contributed by atoms with Gasteiger partial charge in [0.1, 0.15) is 11.6 Å². The van der Waals surface area contributed by atoms with Gasteiger partial charge in [0.15, 0.2) is 6.61 Å². The molecule has 7 heteroatoms. The number of halogens is 4. The Morgan fingerprint density at radius 3 is 2.57 bits per heavy atom. The van der Waals surface area contributed by atoms with E-state index in [1.54, 1.807) is 12.1 Å². The molecular weight excluding hydrogens is 340 g/mol. The number of carbonyl (C=O) groups is 1. The Morgan fingerprint density at radius 1 is 1.10 bits per heavy atom. The van der Waals surface area contributed by atoms with Crippen molar-refractivity contribution in [3.05, 3.63) is 57.3 Å². The number of rotatable bonds is 4. The first-order chi connectivity index (χ1) is 9.95. The predicted molar refractivity (Wildman–Crippen MR) is 82.0 cm³/mol. The van der Waals surface area contributed by atoms with Gasteiger partial charge >= 0.3 is 0 Å². The minimum atomic E-state index is -0.559. The topological polar surface area (TPSA) is 38.3 Å². The lowest BCUT2D eigenvalue weighted by atomic mass is 10.3. The number of amides is 1. The lowest BCUT2D eigenvalue weighted by molar-refractivity contribution is -0.118. The van der Waals surface area contributed by atoms with Crippen LogP contribution >= 0.6 is 34.8 Å². The summed E-state index contributed by atoms with van der Waals surface area (Å²) in [5.74, 6) is -0.693. The highest BCUT2D eigenvalue weighted by molar-refractivity contribution is 6.34. The van der Waals surface area contributed by atoms with Gasteiger partial charge in [0.2, 0.25) is 0 Å². The predicted octanol–water partition coefficient (Wildman–Crippen LogP) is 4.80. The Labute approximate surface area is 135 Å². The molecule has 0 radical (unpaired) electrons. The van der Waals surface area contributed by atoms with Gasteiger partial charge in [-0.1, -0.05) is 34.8 Å². The van der Waals surface area contributed by atoms with Gasteiger partial charge in [-0.05, 0) is 30.3 Å². The Balaban J connectivity index is 1.95. The normalized spacial score (nSPS) is 10.3. The summed E-state index contributed by atoms with van der Waals surface area (Å²) in [5, 5.41) is 3.23. The van der Waals surface area contributed by atoms with Crippen molar-refractivity contribution in [1.82, 2.24) is 0 Å². The summed E-state index contributed by atoms with van der Waals surface area (Å²) >= 11 is 17.3. The van der Waals surface area contributed by atoms with Crippen LogP contribution in [-0.4, -0.2) is 12.5 Å². The van der Waals surface area contributed by atoms with Gasteiger partial charge < -0.3 is 10.1 Å². The van der Waals surface area contributed by atoms with E-state index >= 15 is 0 Å². The number of anilines is 1. The van der Waals surface area contributed by atoms with E-state index in [-0.39, 0.29) is 11.6 Å². The largest absolute Gasteiger partial charge is 0.482 e. The summed E-state index contributed by atoms with van der Waals surface area (Å²) in [6.07, 6.45) is 0. The Hall–Kier alpha value is -1.49. The maximum atomic E-state index is 13.0. The lowest BCUT2D eigenvalue weighted by Crippen LogP contribution is -2.20. The number of ether oxygens (including phenoxy) is 1. The first kappa shape index (κ1) is 15.9. The van der Waals surface area contributed by atoms with Gasteiger partial charge in [-0.3, -0.25) is 4.79 Å². The number of carbonyl (C=O) groups excluding carboxylic acids is 1. The first-order valence-electron chi connectivity index (χ1n) is 5.78. The summed E-state index contributed by atoms with van der Waals surface area (Å²) in [7, 11) is 0. The fraction of sp³-hybridized carbons (Fsp3) is 0.0714. The van der Waals surface area contributed by atoms with Crippen LogP contribution in [0.3, 0.4) is 0 Å². The summed E-state index contributed by atoms with van der Waals surface area (Å²) in [4.78, 5) is 11.7. The highest BCUT2D eigenvalue weighted by Gasteiger charge is 2.08. The number of benzene rings is 2. The zero-order valence-electron chi connectivity index (χ0n) is 10.5. The van der Waals surface area contributed by atoms with E-state index in [0.29, 0.717) is 21.5 Å². The van der Waals surface area contributed by atoms with E-state index < -0.39 is 11.7 Å². The van der Waals surface area contributed by atoms with Crippen molar-refractivity contribution in [2.75, 3.05) is 11.9 Å². The number of hydrogen-bond acceptors (Lipinski definition) is 2. The van der Waals surface area contributed by atoms with Gasteiger partial charge in [0.25, 0.3) is 5.91 Å². The van der Waals surface area contributed by atoms with Crippen LogP contribution in [0.15, 0.2) is 36.4 Å². The van der Waals surface area contributed by atoms with E-state index in [2.05, 4.69) is 5.32 Å². The van der Waals surface area contributed by atoms with Crippen LogP contribution in [0.25, 0.3) is 0 Å². The molecule has 0 saturated heterocycles. The molecule has 3 nitrogen and oxygen atoms in total. The van der Waals surface area contributed by atoms with Gasteiger partial charge in [-0.2, -0.15) is 0 Å². The van der Waals surface area contributed by atoms with Crippen molar-refractivity contribution >= 4 is 46.4 Å². The van der Waals surface area contributed by atoms with E-state index in [1.807, 2.05) is 0 Å². The van der Waals surface area contributed by atoms with E-state index in [4.69, 9.17) is 39.5 Å². The molecule has 110 valence electrons. The molecule has 0 saturated carbocycles. The van der Waals surface area contributed by atoms with E-state index in [0.717, 1.165) is 6.07 Å². The maximum Gasteiger partial charge on any atom is 0.262 e. The SMILES string of the molecule is O=C(COc1cc(Cl)ccc1Cl)Nc1ccc(F)c(Cl)c1. The average Bonchev–Trinajstić information content (AvgIpc) is 2.44. The van der Waals surface area contributed by atoms with E-state index in [1.165, 1.54) is 18.2 Å². The van der Waals surface area contributed by atoms with Crippen molar-refractivity contribution in [3.8, 4) is 5.75 Å². The van der Waals surface area contributed by atoms with Crippen LogP contribution in [0, 0.1) is 5.82 Å². The molecule has 0 heterocycles. The quantitative estimate of drug-likeness (QED) is 0.861. The molecule has 2 aromatic rings. The molecule has 1 N–H and O–H groups in total. The molecule has 0 spiro atoms. The zero-order valence-corrected chi connectivity index (χ0v) is 12.8. The summed E-state index contributed by atoms with van der Waals surface area (Å²) in [6.45, 7) is -0.269. The fourth-order valence-electron chi connectivity index (χ4n) is 1.50. The molecule has 0 bridgehead atoms. The molecular formula is C14H9Cl3FNO2. The molecule has 0 aliphatic rings. The van der Waals surface area contributed by atoms with Gasteiger partial charge in [-0.15, -0.1) is 0 Å². The second-order valence-corrected chi connectivity index (χ2v) is 5.29. The summed E-state index contributed by atoms with van der Waals surface area (Å²) < 4.78 is 18.3. The maximum absolute atomic E-state index is 13.0. The van der Waals surface area contributed by atoms with Crippen LogP contribution in [0.5, 0.6) is 5.75 Å². The summed E-state index contributed by atoms with van der Waals surface area (Å²) in [6, 6.07) is 8.54. The molecule has 2 rings (SSSR count). The van der Waals surface area contributed by atoms with Crippen LogP contribution < -0.4 is 10.1 Å². The van der Waals surface area contributed by atoms with Gasteiger partial charge in [-0.25, -0.2) is 4.39 Å². The molecule has 0 unspecified atom stereocenters. The monoisotopic (exact) mass is 347 g/mol. The third-order valence-corrected chi connectivity index (χ3v) is 3.29. The smallest absolute Gasteiger partial charge is 0.262 e. The molecule has 21 heavy (non-hydrogen) atoms. The molecule has 0 aliphatic carbocycles. The standard InChI is InChI=1S/C14H9Cl3FNO2/c15-8-1-3-10(16)13(5-8)21-7-14(20)19-9-2-4-12(18)11(17)6-9/h1-6H,7H2,(H,19,20). The lowest BCUT2D eigenvalue weighted by Gasteiger charge is -2.09. The molecule has 0 aliphatic heterocycles. The first-order valence-corrected chi connectivity index (χ1v) is 6.92. The Kier molecular flexibility index (Phi) is 5.28. The molecule has 0 fully saturated rings. The molecule has 0 aromatic heterocycles. The average molecular weight is 349 g/mol. The van der Waals surface area contributed by atoms with Crippen LogP contribution in [0.1, 0.15) is 0 Å². The van der Waals surface area contributed by atoms with Crippen molar-refractivity contribution in [3.63, 3.8) is 0 Å². The summed E-state index contributed by atoms with van der Waals surface area (Å²) in [5.41, 5.74) is 0.368. The third kappa shape index (κ3) is 4.49. The fourth-order valence-corrected chi connectivity index (χ4v) is 2.02. The van der Waals surface area contributed by atoms with Crippen molar-refractivity contribution in [2.24, 2.45) is 0 Å². The second-order valence-electron chi connectivity index (χ2n) is 4.04. The molecule has 0 atom stereocenters. The van der Waals surface area contributed by atoms with Crippen LogP contribution in [0.2, 0.25) is 15.1 Å². The van der Waals surface area contributed by atoms with Gasteiger partial charge in [0, 0.05) is 16.8 Å². The number of nitrogens with one attached hydrogen (secondary N) is 1. The van der Waals surface area contributed by atoms with E-state index in [9.17, 15) is 9.18 Å². The number of hydrogen-bond donors (Lipinski definition) is 1. The second kappa shape index (κ2) is 6.98. The highest BCUT2D eigenvalue weighted by atomic mass is 35.5. The van der Waals surface area contributed by atoms with Crippen LogP contribution in [-0.2, 0) is 4.79 Å². The Morgan fingerprint density at radius 2 is 1.86 bits per heavy atom. The van der Waals surface area contributed by atoms with Crippen molar-refractivity contribution in [1.29, 1.82) is 0 Å². The highest BCUT2D eigenvalue weighted by Crippen LogP contribution is 2.27. The van der Waals surface area contributed by atoms with Crippen molar-refractivity contribution in [2.45, 2.75) is 0 Å². The molecule has 2 aromatic carbocycles. The minimum absolute atomic E-state index is 0.0772. The Bertz CT molecular complexity index is 679. The third-order valence-electron chi connectivity index (χ3n) is 2.46. The van der Waals surface area contributed by atoms with Crippen molar-refractivity contribution < 1.29 is 13.9 Å². The minimum Gasteiger partial charge on any atom is -0.482 e. The molecule has 1 amide bonds. The zero-order chi connectivity index (χ0) is 15.4. The van der Waals surface area contributed by atoms with Gasteiger partial charge in [0.05, 0.1) is 10.0 Å².